The highest BCUT2D eigenvalue weighted by molar-refractivity contribution is 9.10. The predicted octanol–water partition coefficient (Wildman–Crippen LogP) is 1.84. The van der Waals surface area contributed by atoms with Gasteiger partial charge in [0.2, 0.25) is 0 Å². The van der Waals surface area contributed by atoms with Crippen molar-refractivity contribution in [2.45, 2.75) is 19.4 Å². The number of aryl methyl sites for hydroxylation is 1. The third-order valence-electron chi connectivity index (χ3n) is 3.05. The van der Waals surface area contributed by atoms with E-state index in [4.69, 9.17) is 10.5 Å². The van der Waals surface area contributed by atoms with Crippen LogP contribution in [-0.4, -0.2) is 31.7 Å². The lowest BCUT2D eigenvalue weighted by Gasteiger charge is -2.33. The quantitative estimate of drug-likeness (QED) is 0.926. The minimum atomic E-state index is -0.396. The summed E-state index contributed by atoms with van der Waals surface area (Å²) < 4.78 is 6.48. The molecular weight excluding hydrogens is 296 g/mol. The van der Waals surface area contributed by atoms with Gasteiger partial charge in [-0.15, -0.1) is 0 Å². The van der Waals surface area contributed by atoms with Gasteiger partial charge in [0.1, 0.15) is 6.10 Å². The molecule has 1 aromatic carbocycles. The van der Waals surface area contributed by atoms with Crippen LogP contribution in [0.1, 0.15) is 12.0 Å². The van der Waals surface area contributed by atoms with E-state index in [2.05, 4.69) is 15.9 Å². The van der Waals surface area contributed by atoms with Crippen LogP contribution in [0.25, 0.3) is 0 Å². The van der Waals surface area contributed by atoms with Crippen molar-refractivity contribution in [3.63, 3.8) is 0 Å². The summed E-state index contributed by atoms with van der Waals surface area (Å²) in [5, 5.41) is 0. The van der Waals surface area contributed by atoms with E-state index in [1.165, 1.54) is 0 Å². The Kier molecular flexibility index (Phi) is 4.37. The molecule has 0 aromatic heterocycles. The third kappa shape index (κ3) is 2.74. The molecule has 1 heterocycles. The van der Waals surface area contributed by atoms with Crippen LogP contribution >= 0.6 is 15.9 Å². The molecule has 4 nitrogen and oxygen atoms in total. The number of carbonyl (C=O) groups is 1. The Morgan fingerprint density at radius 1 is 1.56 bits per heavy atom. The fraction of sp³-hybridized carbons (Fsp3) is 0.462. The van der Waals surface area contributed by atoms with Gasteiger partial charge >= 0.3 is 0 Å². The maximum atomic E-state index is 12.3. The number of ether oxygens (including phenoxy) is 1. The highest BCUT2D eigenvalue weighted by Gasteiger charge is 2.30. The second kappa shape index (κ2) is 5.82. The van der Waals surface area contributed by atoms with Crippen LogP contribution in [0.4, 0.5) is 5.69 Å². The Balaban J connectivity index is 2.24. The van der Waals surface area contributed by atoms with Crippen LogP contribution in [0.15, 0.2) is 22.7 Å². The number of amides is 1. The first-order chi connectivity index (χ1) is 8.63. The molecule has 5 heteroatoms. The molecule has 0 radical (unpaired) electrons. The molecular formula is C13H17BrN2O2. The maximum absolute atomic E-state index is 12.3. The van der Waals surface area contributed by atoms with Gasteiger partial charge in [0, 0.05) is 16.7 Å². The van der Waals surface area contributed by atoms with E-state index < -0.39 is 6.10 Å². The van der Waals surface area contributed by atoms with E-state index >= 15 is 0 Å². The third-order valence-corrected chi connectivity index (χ3v) is 3.55. The van der Waals surface area contributed by atoms with Crippen molar-refractivity contribution in [1.82, 2.24) is 0 Å². The van der Waals surface area contributed by atoms with Crippen LogP contribution in [0, 0.1) is 6.92 Å². The summed E-state index contributed by atoms with van der Waals surface area (Å²) in [5.41, 5.74) is 7.53. The zero-order chi connectivity index (χ0) is 13.1. The number of hydrogen-bond donors (Lipinski definition) is 1. The Morgan fingerprint density at radius 2 is 2.33 bits per heavy atom. The summed E-state index contributed by atoms with van der Waals surface area (Å²) in [6.45, 7) is 3.62. The Bertz CT molecular complexity index is 449. The van der Waals surface area contributed by atoms with Crippen molar-refractivity contribution in [1.29, 1.82) is 0 Å². The summed E-state index contributed by atoms with van der Waals surface area (Å²) in [4.78, 5) is 14.1. The van der Waals surface area contributed by atoms with E-state index in [0.29, 0.717) is 26.1 Å². The first-order valence-corrected chi connectivity index (χ1v) is 6.82. The number of benzene rings is 1. The SMILES string of the molecule is Cc1cc(Br)ccc1N1CCOC(CCN)C1=O. The van der Waals surface area contributed by atoms with E-state index in [1.807, 2.05) is 25.1 Å². The minimum Gasteiger partial charge on any atom is -0.366 e. The monoisotopic (exact) mass is 312 g/mol. The Hall–Kier alpha value is -0.910. The van der Waals surface area contributed by atoms with Gasteiger partial charge in [0.05, 0.1) is 6.61 Å². The first kappa shape index (κ1) is 13.5. The number of nitrogens with two attached hydrogens (primary N) is 1. The number of halogens is 1. The zero-order valence-corrected chi connectivity index (χ0v) is 11.9. The summed E-state index contributed by atoms with van der Waals surface area (Å²) in [6, 6.07) is 5.92. The summed E-state index contributed by atoms with van der Waals surface area (Å²) in [6.07, 6.45) is 0.178. The minimum absolute atomic E-state index is 0.0112. The van der Waals surface area contributed by atoms with Crippen molar-refractivity contribution in [3.05, 3.63) is 28.2 Å². The number of anilines is 1. The molecule has 1 amide bonds. The van der Waals surface area contributed by atoms with Crippen LogP contribution in [0.2, 0.25) is 0 Å². The fourth-order valence-corrected chi connectivity index (χ4v) is 2.64. The van der Waals surface area contributed by atoms with Gasteiger partial charge in [-0.2, -0.15) is 0 Å². The Labute approximate surface area is 115 Å². The fourth-order valence-electron chi connectivity index (χ4n) is 2.16. The van der Waals surface area contributed by atoms with Crippen molar-refractivity contribution in [3.8, 4) is 0 Å². The highest BCUT2D eigenvalue weighted by atomic mass is 79.9. The number of carbonyl (C=O) groups excluding carboxylic acids is 1. The first-order valence-electron chi connectivity index (χ1n) is 6.02. The van der Waals surface area contributed by atoms with Crippen molar-refractivity contribution in [2.24, 2.45) is 5.73 Å². The molecule has 0 spiro atoms. The molecule has 1 aliphatic heterocycles. The number of nitrogens with zero attached hydrogens (tertiary/aromatic N) is 1. The molecule has 1 saturated heterocycles. The van der Waals surface area contributed by atoms with Crippen LogP contribution in [0.3, 0.4) is 0 Å². The molecule has 2 rings (SSSR count). The van der Waals surface area contributed by atoms with Crippen LogP contribution in [0.5, 0.6) is 0 Å². The molecule has 1 aromatic rings. The maximum Gasteiger partial charge on any atom is 0.256 e. The molecule has 2 N–H and O–H groups in total. The van der Waals surface area contributed by atoms with E-state index in [9.17, 15) is 4.79 Å². The highest BCUT2D eigenvalue weighted by Crippen LogP contribution is 2.26. The molecule has 1 fully saturated rings. The van der Waals surface area contributed by atoms with Gasteiger partial charge in [-0.25, -0.2) is 0 Å². The average molecular weight is 313 g/mol. The summed E-state index contributed by atoms with van der Waals surface area (Å²) in [7, 11) is 0. The normalized spacial score (nSPS) is 20.3. The van der Waals surface area contributed by atoms with Gasteiger partial charge < -0.3 is 15.4 Å². The number of hydrogen-bond acceptors (Lipinski definition) is 3. The van der Waals surface area contributed by atoms with E-state index in [0.717, 1.165) is 15.7 Å². The van der Waals surface area contributed by atoms with Gasteiger partial charge in [0.25, 0.3) is 5.91 Å². The van der Waals surface area contributed by atoms with Crippen molar-refractivity contribution >= 4 is 27.5 Å². The zero-order valence-electron chi connectivity index (χ0n) is 10.4. The standard InChI is InChI=1S/C13H17BrN2O2/c1-9-8-10(14)2-3-11(9)16-6-7-18-12(4-5-15)13(16)17/h2-3,8,12H,4-7,15H2,1H3. The van der Waals surface area contributed by atoms with Crippen molar-refractivity contribution < 1.29 is 9.53 Å². The molecule has 0 bridgehead atoms. The van der Waals surface area contributed by atoms with Gasteiger partial charge in [-0.3, -0.25) is 4.79 Å². The smallest absolute Gasteiger partial charge is 0.256 e. The van der Waals surface area contributed by atoms with Gasteiger partial charge in [-0.05, 0) is 43.7 Å². The molecule has 0 saturated carbocycles. The topological polar surface area (TPSA) is 55.6 Å². The summed E-state index contributed by atoms with van der Waals surface area (Å²) in [5.74, 6) is 0.0112. The lowest BCUT2D eigenvalue weighted by molar-refractivity contribution is -0.134. The predicted molar refractivity (Wildman–Crippen MR) is 74.6 cm³/mol. The second-order valence-corrected chi connectivity index (χ2v) is 5.27. The number of rotatable bonds is 3. The molecule has 98 valence electrons. The molecule has 1 atom stereocenters. The number of morpholine rings is 1. The van der Waals surface area contributed by atoms with Crippen LogP contribution < -0.4 is 10.6 Å². The van der Waals surface area contributed by atoms with E-state index in [1.54, 1.807) is 4.90 Å². The summed E-state index contributed by atoms with van der Waals surface area (Å²) >= 11 is 3.43. The molecule has 0 aliphatic carbocycles. The van der Waals surface area contributed by atoms with Crippen molar-refractivity contribution in [2.75, 3.05) is 24.6 Å². The largest absolute Gasteiger partial charge is 0.366 e. The Morgan fingerprint density at radius 3 is 3.00 bits per heavy atom. The average Bonchev–Trinajstić information content (AvgIpc) is 2.33. The molecule has 18 heavy (non-hydrogen) atoms. The molecule has 1 unspecified atom stereocenters. The van der Waals surface area contributed by atoms with Gasteiger partial charge in [0.15, 0.2) is 0 Å². The van der Waals surface area contributed by atoms with Gasteiger partial charge in [-0.1, -0.05) is 15.9 Å². The lowest BCUT2D eigenvalue weighted by Crippen LogP contribution is -2.48. The lowest BCUT2D eigenvalue weighted by atomic mass is 10.1. The van der Waals surface area contributed by atoms with E-state index in [-0.39, 0.29) is 5.91 Å². The van der Waals surface area contributed by atoms with Crippen LogP contribution in [-0.2, 0) is 9.53 Å². The molecule has 1 aliphatic rings. The second-order valence-electron chi connectivity index (χ2n) is 4.36.